The van der Waals surface area contributed by atoms with E-state index in [2.05, 4.69) is 19.2 Å². The summed E-state index contributed by atoms with van der Waals surface area (Å²) >= 11 is 0. The molecule has 0 saturated carbocycles. The maximum absolute atomic E-state index is 11.8. The van der Waals surface area contributed by atoms with Gasteiger partial charge in [0.15, 0.2) is 5.60 Å². The summed E-state index contributed by atoms with van der Waals surface area (Å²) in [7, 11) is 1.59. The summed E-state index contributed by atoms with van der Waals surface area (Å²) in [6, 6.07) is 0. The molecule has 1 amide bonds. The number of amides is 1. The first kappa shape index (κ1) is 8.97. The molecule has 2 aliphatic heterocycles. The van der Waals surface area contributed by atoms with E-state index in [1.165, 1.54) is 0 Å². The highest BCUT2D eigenvalue weighted by molar-refractivity contribution is 5.93. The molecular formula is C9H16N2O2. The van der Waals surface area contributed by atoms with Gasteiger partial charge < -0.3 is 9.64 Å². The number of methoxy groups -OCH3 is 1. The molecule has 4 nitrogen and oxygen atoms in total. The molecule has 2 rings (SSSR count). The number of ether oxygens (including phenoxy) is 1. The second kappa shape index (κ2) is 2.25. The number of nitrogens with one attached hydrogen (secondary N) is 1. The van der Waals surface area contributed by atoms with E-state index in [4.69, 9.17) is 4.74 Å². The Hall–Kier alpha value is -0.610. The molecule has 74 valence electrons. The van der Waals surface area contributed by atoms with Gasteiger partial charge >= 0.3 is 0 Å². The SMILES string of the molecule is CO[C@@]1(C)C(=O)N2[C@@H]1NCC2(C)C. The van der Waals surface area contributed by atoms with Crippen LogP contribution < -0.4 is 5.32 Å². The first-order valence-electron chi connectivity index (χ1n) is 4.56. The summed E-state index contributed by atoms with van der Waals surface area (Å²) in [6.07, 6.45) is 0.0556. The molecule has 0 aromatic rings. The summed E-state index contributed by atoms with van der Waals surface area (Å²) in [5.74, 6) is 0.0926. The van der Waals surface area contributed by atoms with E-state index in [1.54, 1.807) is 7.11 Å². The van der Waals surface area contributed by atoms with Gasteiger partial charge in [-0.15, -0.1) is 0 Å². The Kier molecular flexibility index (Phi) is 1.55. The smallest absolute Gasteiger partial charge is 0.259 e. The highest BCUT2D eigenvalue weighted by Crippen LogP contribution is 2.41. The molecule has 2 atom stereocenters. The number of hydrogen-bond acceptors (Lipinski definition) is 3. The fourth-order valence-corrected chi connectivity index (χ4v) is 2.19. The number of rotatable bonds is 1. The molecule has 1 N–H and O–H groups in total. The first-order valence-corrected chi connectivity index (χ1v) is 4.56. The van der Waals surface area contributed by atoms with Crippen LogP contribution in [0.4, 0.5) is 0 Å². The maximum Gasteiger partial charge on any atom is 0.259 e. The molecule has 0 radical (unpaired) electrons. The second-order valence-corrected chi connectivity index (χ2v) is 4.58. The third-order valence-electron chi connectivity index (χ3n) is 3.23. The molecule has 13 heavy (non-hydrogen) atoms. The van der Waals surface area contributed by atoms with Crippen molar-refractivity contribution >= 4 is 5.91 Å². The molecule has 2 aliphatic rings. The van der Waals surface area contributed by atoms with Gasteiger partial charge in [0.1, 0.15) is 6.17 Å². The van der Waals surface area contributed by atoms with Crippen LogP contribution in [0.15, 0.2) is 0 Å². The minimum atomic E-state index is -0.645. The first-order chi connectivity index (χ1) is 5.93. The van der Waals surface area contributed by atoms with E-state index in [0.717, 1.165) is 6.54 Å². The second-order valence-electron chi connectivity index (χ2n) is 4.58. The summed E-state index contributed by atoms with van der Waals surface area (Å²) in [5.41, 5.74) is -0.715. The lowest BCUT2D eigenvalue weighted by molar-refractivity contribution is -0.199. The Labute approximate surface area is 78.2 Å². The van der Waals surface area contributed by atoms with Crippen molar-refractivity contribution in [2.75, 3.05) is 13.7 Å². The number of carbonyl (C=O) groups is 1. The fraction of sp³-hybridized carbons (Fsp3) is 0.889. The molecule has 0 aliphatic carbocycles. The van der Waals surface area contributed by atoms with Crippen LogP contribution in [0.5, 0.6) is 0 Å². The van der Waals surface area contributed by atoms with Crippen LogP contribution in [0.25, 0.3) is 0 Å². The highest BCUT2D eigenvalue weighted by Gasteiger charge is 2.65. The zero-order chi connectivity index (χ0) is 9.85. The van der Waals surface area contributed by atoms with Crippen molar-refractivity contribution in [1.29, 1.82) is 0 Å². The van der Waals surface area contributed by atoms with Gasteiger partial charge in [-0.1, -0.05) is 0 Å². The minimum absolute atomic E-state index is 0.0556. The van der Waals surface area contributed by atoms with Gasteiger partial charge in [-0.05, 0) is 20.8 Å². The normalized spacial score (nSPS) is 41.7. The fourth-order valence-electron chi connectivity index (χ4n) is 2.19. The quantitative estimate of drug-likeness (QED) is 0.581. The molecule has 0 aromatic carbocycles. The van der Waals surface area contributed by atoms with E-state index in [1.807, 2.05) is 11.8 Å². The molecule has 2 saturated heterocycles. The Morgan fingerprint density at radius 1 is 1.54 bits per heavy atom. The minimum Gasteiger partial charge on any atom is -0.365 e. The number of carbonyl (C=O) groups excluding carboxylic acids is 1. The Bertz CT molecular complexity index is 264. The van der Waals surface area contributed by atoms with Crippen LogP contribution >= 0.6 is 0 Å². The zero-order valence-corrected chi connectivity index (χ0v) is 8.55. The molecule has 0 bridgehead atoms. The maximum atomic E-state index is 11.8. The largest absolute Gasteiger partial charge is 0.365 e. The average Bonchev–Trinajstić information content (AvgIpc) is 2.37. The van der Waals surface area contributed by atoms with Crippen LogP contribution in [0, 0.1) is 0 Å². The molecule has 2 heterocycles. The molecule has 4 heteroatoms. The standard InChI is InChI=1S/C9H16N2O2/c1-8(2)5-10-6-9(3,13-4)7(12)11(6)8/h6,10H,5H2,1-4H3/t6-,9+/m0/s1. The van der Waals surface area contributed by atoms with E-state index in [9.17, 15) is 4.79 Å². The van der Waals surface area contributed by atoms with Gasteiger partial charge in [0.2, 0.25) is 0 Å². The molecular weight excluding hydrogens is 168 g/mol. The number of β-lactam (4-membered cyclic amide) rings is 1. The molecule has 2 fully saturated rings. The van der Waals surface area contributed by atoms with Crippen molar-refractivity contribution < 1.29 is 9.53 Å². The number of fused-ring (bicyclic) bond motifs is 1. The van der Waals surface area contributed by atoms with Crippen molar-refractivity contribution in [1.82, 2.24) is 10.2 Å². The van der Waals surface area contributed by atoms with Crippen molar-refractivity contribution in [2.24, 2.45) is 0 Å². The van der Waals surface area contributed by atoms with E-state index in [0.29, 0.717) is 0 Å². The van der Waals surface area contributed by atoms with Crippen molar-refractivity contribution in [2.45, 2.75) is 38.1 Å². The molecule has 0 unspecified atom stereocenters. The lowest BCUT2D eigenvalue weighted by Crippen LogP contribution is -2.76. The van der Waals surface area contributed by atoms with Crippen LogP contribution in [0.1, 0.15) is 20.8 Å². The topological polar surface area (TPSA) is 41.6 Å². The average molecular weight is 184 g/mol. The van der Waals surface area contributed by atoms with Gasteiger partial charge in [0, 0.05) is 13.7 Å². The van der Waals surface area contributed by atoms with Gasteiger partial charge in [-0.2, -0.15) is 0 Å². The molecule has 0 aromatic heterocycles. The van der Waals surface area contributed by atoms with Crippen molar-refractivity contribution in [3.63, 3.8) is 0 Å². The van der Waals surface area contributed by atoms with Gasteiger partial charge in [-0.3, -0.25) is 10.1 Å². The third kappa shape index (κ3) is 0.849. The summed E-state index contributed by atoms with van der Waals surface area (Å²) in [5, 5.41) is 3.30. The van der Waals surface area contributed by atoms with Crippen LogP contribution in [-0.2, 0) is 9.53 Å². The number of nitrogens with zero attached hydrogens (tertiary/aromatic N) is 1. The van der Waals surface area contributed by atoms with Crippen molar-refractivity contribution in [3.8, 4) is 0 Å². The van der Waals surface area contributed by atoms with Crippen LogP contribution in [0.2, 0.25) is 0 Å². The molecule has 0 spiro atoms. The predicted molar refractivity (Wildman–Crippen MR) is 48.1 cm³/mol. The summed E-state index contributed by atoms with van der Waals surface area (Å²) in [6.45, 7) is 6.80. The summed E-state index contributed by atoms with van der Waals surface area (Å²) in [4.78, 5) is 13.6. The van der Waals surface area contributed by atoms with Gasteiger partial charge in [-0.25, -0.2) is 0 Å². The number of hydrogen-bond donors (Lipinski definition) is 1. The van der Waals surface area contributed by atoms with E-state index in [-0.39, 0.29) is 17.6 Å². The third-order valence-corrected chi connectivity index (χ3v) is 3.23. The van der Waals surface area contributed by atoms with E-state index < -0.39 is 5.60 Å². The van der Waals surface area contributed by atoms with Crippen LogP contribution in [0.3, 0.4) is 0 Å². The lowest BCUT2D eigenvalue weighted by atomic mass is 9.87. The summed E-state index contributed by atoms with van der Waals surface area (Å²) < 4.78 is 5.24. The van der Waals surface area contributed by atoms with Gasteiger partial charge in [0.05, 0.1) is 5.54 Å². The van der Waals surface area contributed by atoms with Crippen molar-refractivity contribution in [3.05, 3.63) is 0 Å². The predicted octanol–water partition coefficient (Wildman–Crippen LogP) is -0.0584. The highest BCUT2D eigenvalue weighted by atomic mass is 16.5. The Morgan fingerprint density at radius 3 is 2.69 bits per heavy atom. The van der Waals surface area contributed by atoms with Gasteiger partial charge in [0.25, 0.3) is 5.91 Å². The van der Waals surface area contributed by atoms with E-state index >= 15 is 0 Å². The van der Waals surface area contributed by atoms with Crippen LogP contribution in [-0.4, -0.2) is 41.8 Å². The zero-order valence-electron chi connectivity index (χ0n) is 8.55. The monoisotopic (exact) mass is 184 g/mol. The Morgan fingerprint density at radius 2 is 2.15 bits per heavy atom. The lowest BCUT2D eigenvalue weighted by Gasteiger charge is -2.53. The Balaban J connectivity index is 2.27.